The van der Waals surface area contributed by atoms with Crippen molar-refractivity contribution in [1.29, 1.82) is 0 Å². The number of aryl methyl sites for hydroxylation is 2. The Balaban J connectivity index is 0.00000220. The highest BCUT2D eigenvalue weighted by atomic mass is 79.9. The van der Waals surface area contributed by atoms with Gasteiger partial charge in [0.25, 0.3) is 0 Å². The second-order valence-corrected chi connectivity index (χ2v) is 5.65. The Labute approximate surface area is 138 Å². The highest BCUT2D eigenvalue weighted by Crippen LogP contribution is 2.17. The average molecular weight is 358 g/mol. The van der Waals surface area contributed by atoms with Gasteiger partial charge >= 0.3 is 0 Å². The number of guanidine groups is 1. The molecule has 1 aliphatic carbocycles. The molecule has 1 aromatic heterocycles. The summed E-state index contributed by atoms with van der Waals surface area (Å²) in [7, 11) is 0. The lowest BCUT2D eigenvalue weighted by Crippen LogP contribution is -2.41. The van der Waals surface area contributed by atoms with E-state index < -0.39 is 0 Å². The van der Waals surface area contributed by atoms with Gasteiger partial charge in [-0.05, 0) is 33.6 Å². The Morgan fingerprint density at radius 2 is 2.00 bits per heavy atom. The molecule has 0 saturated heterocycles. The molecule has 0 bridgehead atoms. The Morgan fingerprint density at radius 1 is 1.33 bits per heavy atom. The largest absolute Gasteiger partial charge is 0.370 e. The van der Waals surface area contributed by atoms with Gasteiger partial charge in [0.2, 0.25) is 0 Å². The second kappa shape index (κ2) is 8.41. The van der Waals surface area contributed by atoms with Crippen molar-refractivity contribution in [2.45, 2.75) is 72.0 Å². The van der Waals surface area contributed by atoms with Gasteiger partial charge in [0.15, 0.2) is 5.96 Å². The summed E-state index contributed by atoms with van der Waals surface area (Å²) in [6, 6.07) is 0.507. The molecule has 0 atom stereocenters. The summed E-state index contributed by atoms with van der Waals surface area (Å²) in [5.41, 5.74) is 9.45. The zero-order chi connectivity index (χ0) is 14.5. The molecule has 6 heteroatoms. The first kappa shape index (κ1) is 18.0. The molecule has 120 valence electrons. The van der Waals surface area contributed by atoms with E-state index in [1.807, 2.05) is 11.6 Å². The molecule has 5 nitrogen and oxygen atoms in total. The first-order valence-electron chi connectivity index (χ1n) is 7.71. The number of nitrogens with zero attached hydrogens (tertiary/aromatic N) is 3. The van der Waals surface area contributed by atoms with E-state index in [4.69, 9.17) is 5.73 Å². The summed E-state index contributed by atoms with van der Waals surface area (Å²) in [6.07, 6.45) is 6.37. The topological polar surface area (TPSA) is 68.2 Å². The molecular weight excluding hydrogens is 330 g/mol. The van der Waals surface area contributed by atoms with E-state index in [1.165, 1.54) is 43.4 Å². The second-order valence-electron chi connectivity index (χ2n) is 5.65. The van der Waals surface area contributed by atoms with Crippen LogP contribution in [0.1, 0.15) is 56.0 Å². The number of aliphatic imine (C=N–C) groups is 1. The first-order valence-corrected chi connectivity index (χ1v) is 7.71. The van der Waals surface area contributed by atoms with Gasteiger partial charge in [0.05, 0.1) is 12.2 Å². The minimum absolute atomic E-state index is 0. The lowest BCUT2D eigenvalue weighted by molar-refractivity contribution is 0.412. The van der Waals surface area contributed by atoms with Gasteiger partial charge in [-0.3, -0.25) is 4.68 Å². The predicted octanol–water partition coefficient (Wildman–Crippen LogP) is 2.83. The lowest BCUT2D eigenvalue weighted by Gasteiger charge is -2.23. The SMILES string of the molecule is Br.CCn1nc(C)c(CN=C(N)NC2CCCCC2)c1C. The fourth-order valence-corrected chi connectivity index (χ4v) is 2.94. The summed E-state index contributed by atoms with van der Waals surface area (Å²) >= 11 is 0. The van der Waals surface area contributed by atoms with Gasteiger partial charge in [0, 0.05) is 23.8 Å². The number of halogens is 1. The van der Waals surface area contributed by atoms with Crippen molar-refractivity contribution >= 4 is 22.9 Å². The smallest absolute Gasteiger partial charge is 0.189 e. The van der Waals surface area contributed by atoms with Gasteiger partial charge in [-0.25, -0.2) is 4.99 Å². The molecule has 0 unspecified atom stereocenters. The zero-order valence-corrected chi connectivity index (χ0v) is 15.1. The zero-order valence-electron chi connectivity index (χ0n) is 13.4. The van der Waals surface area contributed by atoms with E-state index in [0.29, 0.717) is 18.5 Å². The molecule has 1 saturated carbocycles. The van der Waals surface area contributed by atoms with Crippen LogP contribution in [0.15, 0.2) is 4.99 Å². The van der Waals surface area contributed by atoms with Crippen molar-refractivity contribution in [3.63, 3.8) is 0 Å². The minimum Gasteiger partial charge on any atom is -0.370 e. The van der Waals surface area contributed by atoms with Crippen LogP contribution in [-0.2, 0) is 13.1 Å². The Kier molecular flexibility index (Phi) is 7.22. The Bertz CT molecular complexity index is 475. The van der Waals surface area contributed by atoms with E-state index in [2.05, 4.69) is 29.3 Å². The van der Waals surface area contributed by atoms with E-state index in [1.54, 1.807) is 0 Å². The van der Waals surface area contributed by atoms with E-state index >= 15 is 0 Å². The molecule has 0 aliphatic heterocycles. The third-order valence-corrected chi connectivity index (χ3v) is 4.20. The predicted molar refractivity (Wildman–Crippen MR) is 93.0 cm³/mol. The number of aromatic nitrogens is 2. The maximum Gasteiger partial charge on any atom is 0.189 e. The molecular formula is C15H28BrN5. The molecule has 0 radical (unpaired) electrons. The van der Waals surface area contributed by atoms with Gasteiger partial charge < -0.3 is 11.1 Å². The van der Waals surface area contributed by atoms with Crippen LogP contribution < -0.4 is 11.1 Å². The number of rotatable bonds is 4. The van der Waals surface area contributed by atoms with Crippen molar-refractivity contribution < 1.29 is 0 Å². The number of nitrogens with two attached hydrogens (primary N) is 1. The fraction of sp³-hybridized carbons (Fsp3) is 0.733. The summed E-state index contributed by atoms with van der Waals surface area (Å²) in [6.45, 7) is 7.74. The van der Waals surface area contributed by atoms with Gasteiger partial charge in [-0.2, -0.15) is 5.10 Å². The van der Waals surface area contributed by atoms with Crippen LogP contribution in [-0.4, -0.2) is 21.8 Å². The average Bonchev–Trinajstić information content (AvgIpc) is 2.72. The van der Waals surface area contributed by atoms with Crippen LogP contribution in [0.2, 0.25) is 0 Å². The number of hydrogen-bond donors (Lipinski definition) is 2. The van der Waals surface area contributed by atoms with Crippen LogP contribution in [0.4, 0.5) is 0 Å². The molecule has 1 fully saturated rings. The van der Waals surface area contributed by atoms with Crippen LogP contribution in [0, 0.1) is 13.8 Å². The summed E-state index contributed by atoms with van der Waals surface area (Å²) < 4.78 is 2.02. The standard InChI is InChI=1S/C15H27N5.BrH/c1-4-20-12(3)14(11(2)19-20)10-17-15(16)18-13-8-6-5-7-9-13;/h13H,4-10H2,1-3H3,(H3,16,17,18);1H. The van der Waals surface area contributed by atoms with E-state index in [0.717, 1.165) is 12.2 Å². The molecule has 1 heterocycles. The van der Waals surface area contributed by atoms with E-state index in [9.17, 15) is 0 Å². The Hall–Kier alpha value is -1.04. The van der Waals surface area contributed by atoms with Gasteiger partial charge in [0.1, 0.15) is 0 Å². The highest BCUT2D eigenvalue weighted by molar-refractivity contribution is 8.93. The van der Waals surface area contributed by atoms with Crippen molar-refractivity contribution in [3.05, 3.63) is 17.0 Å². The normalized spacial score (nSPS) is 16.6. The van der Waals surface area contributed by atoms with E-state index in [-0.39, 0.29) is 17.0 Å². The summed E-state index contributed by atoms with van der Waals surface area (Å²) in [4.78, 5) is 4.49. The monoisotopic (exact) mass is 357 g/mol. The number of nitrogens with one attached hydrogen (secondary N) is 1. The summed E-state index contributed by atoms with van der Waals surface area (Å²) in [5.74, 6) is 0.569. The Morgan fingerprint density at radius 3 is 2.57 bits per heavy atom. The molecule has 0 aromatic carbocycles. The summed E-state index contributed by atoms with van der Waals surface area (Å²) in [5, 5.41) is 7.86. The molecule has 1 aromatic rings. The molecule has 21 heavy (non-hydrogen) atoms. The van der Waals surface area contributed by atoms with Crippen molar-refractivity contribution in [2.24, 2.45) is 10.7 Å². The fourth-order valence-electron chi connectivity index (χ4n) is 2.94. The molecule has 1 aliphatic rings. The molecule has 0 spiro atoms. The van der Waals surface area contributed by atoms with Crippen molar-refractivity contribution in [3.8, 4) is 0 Å². The van der Waals surface area contributed by atoms with Crippen LogP contribution >= 0.6 is 17.0 Å². The van der Waals surface area contributed by atoms with Crippen LogP contribution in [0.3, 0.4) is 0 Å². The van der Waals surface area contributed by atoms with Gasteiger partial charge in [-0.1, -0.05) is 19.3 Å². The van der Waals surface area contributed by atoms with Crippen molar-refractivity contribution in [2.75, 3.05) is 0 Å². The molecule has 2 rings (SSSR count). The molecule has 0 amide bonds. The highest BCUT2D eigenvalue weighted by Gasteiger charge is 2.14. The minimum atomic E-state index is 0. The number of hydrogen-bond acceptors (Lipinski definition) is 2. The maximum absolute atomic E-state index is 6.00. The maximum atomic E-state index is 6.00. The third kappa shape index (κ3) is 4.73. The van der Waals surface area contributed by atoms with Crippen LogP contribution in [0.5, 0.6) is 0 Å². The molecule has 3 N–H and O–H groups in total. The third-order valence-electron chi connectivity index (χ3n) is 4.20. The van der Waals surface area contributed by atoms with Crippen molar-refractivity contribution in [1.82, 2.24) is 15.1 Å². The quantitative estimate of drug-likeness (QED) is 0.642. The van der Waals surface area contributed by atoms with Gasteiger partial charge in [-0.15, -0.1) is 17.0 Å². The van der Waals surface area contributed by atoms with Crippen LogP contribution in [0.25, 0.3) is 0 Å². The lowest BCUT2D eigenvalue weighted by atomic mass is 9.96. The first-order chi connectivity index (χ1) is 9.61.